The van der Waals surface area contributed by atoms with Crippen LogP contribution in [0, 0.1) is 52.3 Å². The lowest BCUT2D eigenvalue weighted by Gasteiger charge is -2.65. The standard InChI is InChI=1S/C45H66O11/c1-7-9-21-53-41(50)40(42(51)54-22-10-8-2)45(31-14-12-30(26-46)13-15-31)20-19-43(4)32(25-45)23-36(55-27-47)39-34-17-16-33(29(3)11-18-38(49)52-6)44(34,5)37(56-28-48)24-35(39)43/h12-15,27-29,32-37,39-40,46H,7-11,16-26H2,1-6H3/t29-,32-,33-,34+,35+,36-,37+,39+,43+,44-,45+/m1/s1. The van der Waals surface area contributed by atoms with Gasteiger partial charge in [0.25, 0.3) is 12.9 Å². The van der Waals surface area contributed by atoms with Crippen molar-refractivity contribution < 1.29 is 52.8 Å². The highest BCUT2D eigenvalue weighted by Gasteiger charge is 2.69. The van der Waals surface area contributed by atoms with Crippen molar-refractivity contribution in [3.63, 3.8) is 0 Å². The van der Waals surface area contributed by atoms with Gasteiger partial charge in [0.15, 0.2) is 5.92 Å². The maximum atomic E-state index is 14.3. The molecule has 11 atom stereocenters. The summed E-state index contributed by atoms with van der Waals surface area (Å²) in [6, 6.07) is 7.53. The third-order valence-corrected chi connectivity index (χ3v) is 15.3. The number of carbonyl (C=O) groups excluding carboxylic acids is 5. The summed E-state index contributed by atoms with van der Waals surface area (Å²) in [5.41, 5.74) is -0.148. The van der Waals surface area contributed by atoms with Crippen LogP contribution >= 0.6 is 0 Å². The first-order valence-electron chi connectivity index (χ1n) is 21.2. The van der Waals surface area contributed by atoms with Crippen molar-refractivity contribution >= 4 is 30.9 Å². The molecule has 0 aliphatic heterocycles. The lowest BCUT2D eigenvalue weighted by atomic mass is 9.40. The minimum Gasteiger partial charge on any atom is -0.469 e. The highest BCUT2D eigenvalue weighted by molar-refractivity contribution is 5.97. The Morgan fingerprint density at radius 3 is 2.11 bits per heavy atom. The fourth-order valence-corrected chi connectivity index (χ4v) is 12.3. The van der Waals surface area contributed by atoms with Gasteiger partial charge >= 0.3 is 17.9 Å². The third kappa shape index (κ3) is 8.26. The van der Waals surface area contributed by atoms with Crippen LogP contribution in [0.1, 0.15) is 129 Å². The molecule has 11 heteroatoms. The molecular weight excluding hydrogens is 716 g/mol. The van der Waals surface area contributed by atoms with Gasteiger partial charge < -0.3 is 28.8 Å². The molecular formula is C45H66O11. The van der Waals surface area contributed by atoms with E-state index >= 15 is 0 Å². The molecule has 0 saturated heterocycles. The van der Waals surface area contributed by atoms with Crippen LogP contribution < -0.4 is 0 Å². The average Bonchev–Trinajstić information content (AvgIpc) is 3.56. The second-order valence-corrected chi connectivity index (χ2v) is 17.8. The highest BCUT2D eigenvalue weighted by atomic mass is 16.6. The molecule has 0 radical (unpaired) electrons. The van der Waals surface area contributed by atoms with E-state index in [1.54, 1.807) is 0 Å². The maximum Gasteiger partial charge on any atom is 0.321 e. The van der Waals surface area contributed by atoms with E-state index in [1.807, 2.05) is 38.1 Å². The minimum atomic E-state index is -1.22. The molecule has 1 aromatic rings. The molecule has 11 nitrogen and oxygen atoms in total. The molecule has 0 heterocycles. The lowest BCUT2D eigenvalue weighted by molar-refractivity contribution is -0.218. The molecule has 5 rings (SSSR count). The van der Waals surface area contributed by atoms with E-state index < -0.39 is 34.8 Å². The number of aliphatic hydroxyl groups is 1. The molecule has 0 unspecified atom stereocenters. The summed E-state index contributed by atoms with van der Waals surface area (Å²) < 4.78 is 28.9. The second kappa shape index (κ2) is 18.9. The van der Waals surface area contributed by atoms with Crippen molar-refractivity contribution in [1.82, 2.24) is 0 Å². The Labute approximate surface area is 333 Å². The number of carbonyl (C=O) groups is 5. The number of benzene rings is 1. The predicted octanol–water partition coefficient (Wildman–Crippen LogP) is 7.27. The summed E-state index contributed by atoms with van der Waals surface area (Å²) in [7, 11) is 1.40. The van der Waals surface area contributed by atoms with Gasteiger partial charge in [-0.05, 0) is 110 Å². The van der Waals surface area contributed by atoms with Gasteiger partial charge in [-0.1, -0.05) is 71.7 Å². The van der Waals surface area contributed by atoms with Crippen LogP contribution in [-0.2, 0) is 59.7 Å². The molecule has 0 amide bonds. The molecule has 56 heavy (non-hydrogen) atoms. The first-order valence-corrected chi connectivity index (χ1v) is 21.2. The first kappa shape index (κ1) is 43.6. The summed E-state index contributed by atoms with van der Waals surface area (Å²) >= 11 is 0. The van der Waals surface area contributed by atoms with E-state index in [9.17, 15) is 29.1 Å². The zero-order valence-corrected chi connectivity index (χ0v) is 34.5. The molecule has 4 saturated carbocycles. The Morgan fingerprint density at radius 2 is 1.54 bits per heavy atom. The van der Waals surface area contributed by atoms with Crippen molar-refractivity contribution in [3.05, 3.63) is 35.4 Å². The monoisotopic (exact) mass is 782 g/mol. The summed E-state index contributed by atoms with van der Waals surface area (Å²) in [5, 5.41) is 9.91. The van der Waals surface area contributed by atoms with Crippen LogP contribution in [0.3, 0.4) is 0 Å². The Bertz CT molecular complexity index is 1490. The van der Waals surface area contributed by atoms with Crippen molar-refractivity contribution in [2.75, 3.05) is 20.3 Å². The molecule has 4 fully saturated rings. The molecule has 0 bridgehead atoms. The maximum absolute atomic E-state index is 14.3. The van der Waals surface area contributed by atoms with Gasteiger partial charge in [0.1, 0.15) is 12.2 Å². The third-order valence-electron chi connectivity index (χ3n) is 15.3. The van der Waals surface area contributed by atoms with Crippen molar-refractivity contribution in [2.45, 2.75) is 142 Å². The van der Waals surface area contributed by atoms with E-state index in [1.165, 1.54) is 7.11 Å². The number of unbranched alkanes of at least 4 members (excludes halogenated alkanes) is 2. The molecule has 1 aromatic carbocycles. The van der Waals surface area contributed by atoms with Gasteiger partial charge in [-0.2, -0.15) is 0 Å². The van der Waals surface area contributed by atoms with Gasteiger partial charge in [-0.25, -0.2) is 0 Å². The highest BCUT2D eigenvalue weighted by Crippen LogP contribution is 2.71. The Hall–Kier alpha value is -3.47. The second-order valence-electron chi connectivity index (χ2n) is 17.8. The molecule has 312 valence electrons. The van der Waals surface area contributed by atoms with E-state index in [2.05, 4.69) is 20.8 Å². The number of fused-ring (bicyclic) bond motifs is 5. The summed E-state index contributed by atoms with van der Waals surface area (Å²) in [6.07, 6.45) is 7.78. The molecule has 0 spiro atoms. The van der Waals surface area contributed by atoms with Crippen LogP contribution in [-0.4, -0.2) is 68.5 Å². The number of ether oxygens (including phenoxy) is 5. The number of methoxy groups -OCH3 is 1. The summed E-state index contributed by atoms with van der Waals surface area (Å²) in [4.78, 5) is 65.3. The molecule has 1 N–H and O–H groups in total. The van der Waals surface area contributed by atoms with Crippen LogP contribution in [0.2, 0.25) is 0 Å². The largest absolute Gasteiger partial charge is 0.469 e. The van der Waals surface area contributed by atoms with Gasteiger partial charge in [-0.3, -0.25) is 24.0 Å². The predicted molar refractivity (Wildman–Crippen MR) is 208 cm³/mol. The Balaban J connectivity index is 1.57. The van der Waals surface area contributed by atoms with Crippen LogP contribution in [0.25, 0.3) is 0 Å². The number of aliphatic hydroxyl groups excluding tert-OH is 1. The minimum absolute atomic E-state index is 0.0147. The lowest BCUT2D eigenvalue weighted by Crippen LogP contribution is -2.64. The van der Waals surface area contributed by atoms with E-state index in [0.29, 0.717) is 70.7 Å². The van der Waals surface area contributed by atoms with E-state index in [-0.39, 0.29) is 72.8 Å². The van der Waals surface area contributed by atoms with E-state index in [4.69, 9.17) is 23.7 Å². The number of hydrogen-bond acceptors (Lipinski definition) is 11. The van der Waals surface area contributed by atoms with Gasteiger partial charge in [0.2, 0.25) is 0 Å². The van der Waals surface area contributed by atoms with Gasteiger partial charge in [0.05, 0.1) is 26.9 Å². The fourth-order valence-electron chi connectivity index (χ4n) is 12.3. The first-order chi connectivity index (χ1) is 26.9. The van der Waals surface area contributed by atoms with Crippen molar-refractivity contribution in [2.24, 2.45) is 52.3 Å². The van der Waals surface area contributed by atoms with Gasteiger partial charge in [0, 0.05) is 23.2 Å². The number of hydrogen-bond donors (Lipinski definition) is 1. The molecule has 0 aromatic heterocycles. The zero-order chi connectivity index (χ0) is 40.7. The average molecular weight is 783 g/mol. The summed E-state index contributed by atoms with van der Waals surface area (Å²) in [6.45, 7) is 12.2. The molecule has 4 aliphatic carbocycles. The van der Waals surface area contributed by atoms with Crippen LogP contribution in [0.4, 0.5) is 0 Å². The topological polar surface area (TPSA) is 152 Å². The Kier molecular flexibility index (Phi) is 14.7. The number of rotatable bonds is 19. The van der Waals surface area contributed by atoms with Crippen molar-refractivity contribution in [1.29, 1.82) is 0 Å². The smallest absolute Gasteiger partial charge is 0.321 e. The van der Waals surface area contributed by atoms with Gasteiger partial charge in [-0.15, -0.1) is 0 Å². The van der Waals surface area contributed by atoms with Crippen molar-refractivity contribution in [3.8, 4) is 0 Å². The molecule has 4 aliphatic rings. The number of esters is 3. The normalized spacial score (nSPS) is 33.9. The van der Waals surface area contributed by atoms with Crippen LogP contribution in [0.5, 0.6) is 0 Å². The quantitative estimate of drug-likeness (QED) is 0.0496. The fraction of sp³-hybridized carbons (Fsp3) is 0.756. The van der Waals surface area contributed by atoms with E-state index in [0.717, 1.165) is 36.8 Å². The SMILES string of the molecule is CCCCOC(=O)C(C(=O)OCCCC)[C@@]1(c2ccc(CO)cc2)CC[C@@]2(C)[C@H](C[C@@H](OC=O)[C@@H]3[C@@H]2C[C@H](OC=O)[C@]2(C)[C@@H]([C@H](C)CCC(=O)OC)CC[C@@H]32)C1. The Morgan fingerprint density at radius 1 is 0.893 bits per heavy atom. The van der Waals surface area contributed by atoms with Crippen LogP contribution in [0.15, 0.2) is 24.3 Å². The summed E-state index contributed by atoms with van der Waals surface area (Å²) in [5.74, 6) is -2.20. The zero-order valence-electron chi connectivity index (χ0n) is 34.5.